The van der Waals surface area contributed by atoms with Crippen molar-refractivity contribution in [1.29, 1.82) is 0 Å². The number of fused-ring (bicyclic) bond motifs is 1. The van der Waals surface area contributed by atoms with E-state index in [1.165, 1.54) is 47.9 Å². The van der Waals surface area contributed by atoms with Crippen molar-refractivity contribution in [2.24, 2.45) is 5.92 Å². The fourth-order valence-corrected chi connectivity index (χ4v) is 4.01. The zero-order valence-corrected chi connectivity index (χ0v) is 12.2. The van der Waals surface area contributed by atoms with Crippen molar-refractivity contribution >= 4 is 34.0 Å². The molecule has 2 atom stereocenters. The van der Waals surface area contributed by atoms with Crippen molar-refractivity contribution in [3.63, 3.8) is 0 Å². The standard InChI is InChI=1S/C14H19IN2/c15-11-5-6-14(12(16)9-11)17-8-7-10-3-1-2-4-13(10)17/h5-6,9-10,13H,1-4,7-8,16H2. The van der Waals surface area contributed by atoms with Gasteiger partial charge in [0.05, 0.1) is 11.4 Å². The normalized spacial score (nSPS) is 28.2. The van der Waals surface area contributed by atoms with Gasteiger partial charge < -0.3 is 10.6 Å². The van der Waals surface area contributed by atoms with Gasteiger partial charge in [0.25, 0.3) is 0 Å². The molecule has 0 radical (unpaired) electrons. The lowest BCUT2D eigenvalue weighted by Gasteiger charge is -2.33. The first kappa shape index (κ1) is 11.6. The van der Waals surface area contributed by atoms with E-state index < -0.39 is 0 Å². The minimum absolute atomic E-state index is 0.756. The summed E-state index contributed by atoms with van der Waals surface area (Å²) in [4.78, 5) is 2.56. The van der Waals surface area contributed by atoms with Crippen LogP contribution in [0.25, 0.3) is 0 Å². The summed E-state index contributed by atoms with van der Waals surface area (Å²) in [7, 11) is 0. The molecular formula is C14H19IN2. The molecule has 1 aliphatic heterocycles. The molecule has 92 valence electrons. The van der Waals surface area contributed by atoms with Gasteiger partial charge in [-0.2, -0.15) is 0 Å². The molecule has 3 rings (SSSR count). The van der Waals surface area contributed by atoms with Crippen LogP contribution in [0.3, 0.4) is 0 Å². The molecular weight excluding hydrogens is 323 g/mol. The number of nitrogen functional groups attached to an aromatic ring is 1. The fraction of sp³-hybridized carbons (Fsp3) is 0.571. The summed E-state index contributed by atoms with van der Waals surface area (Å²) in [5, 5.41) is 0. The van der Waals surface area contributed by atoms with Crippen molar-refractivity contribution < 1.29 is 0 Å². The van der Waals surface area contributed by atoms with Gasteiger partial charge in [0.2, 0.25) is 0 Å². The summed E-state index contributed by atoms with van der Waals surface area (Å²) >= 11 is 2.32. The molecule has 2 N–H and O–H groups in total. The minimum atomic E-state index is 0.756. The quantitative estimate of drug-likeness (QED) is 0.624. The first-order valence-electron chi connectivity index (χ1n) is 6.57. The lowest BCUT2D eigenvalue weighted by Crippen LogP contribution is -2.35. The van der Waals surface area contributed by atoms with Crippen LogP contribution >= 0.6 is 22.6 Å². The van der Waals surface area contributed by atoms with Crippen LogP contribution in [0.15, 0.2) is 18.2 Å². The van der Waals surface area contributed by atoms with Crippen molar-refractivity contribution in [1.82, 2.24) is 0 Å². The lowest BCUT2D eigenvalue weighted by atomic mass is 9.85. The fourth-order valence-electron chi connectivity index (χ4n) is 3.49. The molecule has 2 nitrogen and oxygen atoms in total. The Hall–Kier alpha value is -0.450. The maximum atomic E-state index is 6.18. The van der Waals surface area contributed by atoms with Gasteiger partial charge in [-0.1, -0.05) is 12.8 Å². The molecule has 1 aromatic rings. The van der Waals surface area contributed by atoms with Gasteiger partial charge in [-0.15, -0.1) is 0 Å². The summed E-state index contributed by atoms with van der Waals surface area (Å²) in [6, 6.07) is 7.22. The maximum Gasteiger partial charge on any atom is 0.0603 e. The number of halogens is 1. The predicted octanol–water partition coefficient (Wildman–Crippen LogP) is 3.64. The van der Waals surface area contributed by atoms with E-state index in [2.05, 4.69) is 45.7 Å². The Labute approximate surface area is 117 Å². The monoisotopic (exact) mass is 342 g/mol. The molecule has 17 heavy (non-hydrogen) atoms. The zero-order valence-electron chi connectivity index (χ0n) is 10.0. The average molecular weight is 342 g/mol. The summed E-state index contributed by atoms with van der Waals surface area (Å²) in [6.45, 7) is 1.19. The number of hydrogen-bond donors (Lipinski definition) is 1. The third-order valence-electron chi connectivity index (χ3n) is 4.31. The molecule has 0 amide bonds. The SMILES string of the molecule is Nc1cc(I)ccc1N1CCC2CCCCC21. The molecule has 3 heteroatoms. The average Bonchev–Trinajstić information content (AvgIpc) is 2.73. The van der Waals surface area contributed by atoms with E-state index in [-0.39, 0.29) is 0 Å². The summed E-state index contributed by atoms with van der Waals surface area (Å²) in [6.07, 6.45) is 6.96. The van der Waals surface area contributed by atoms with Crippen molar-refractivity contribution in [3.05, 3.63) is 21.8 Å². The number of benzene rings is 1. The van der Waals surface area contributed by atoms with Crippen molar-refractivity contribution in [2.75, 3.05) is 17.2 Å². The van der Waals surface area contributed by atoms with Crippen LogP contribution in [-0.2, 0) is 0 Å². The summed E-state index contributed by atoms with van der Waals surface area (Å²) in [5.41, 5.74) is 8.39. The van der Waals surface area contributed by atoms with Crippen molar-refractivity contribution in [3.8, 4) is 0 Å². The van der Waals surface area contributed by atoms with Gasteiger partial charge in [-0.3, -0.25) is 0 Å². The van der Waals surface area contributed by atoms with E-state index in [1.807, 2.05) is 0 Å². The Morgan fingerprint density at radius 1 is 1.18 bits per heavy atom. The molecule has 1 saturated carbocycles. The van der Waals surface area contributed by atoms with Gasteiger partial charge >= 0.3 is 0 Å². The van der Waals surface area contributed by atoms with Gasteiger partial charge in [0, 0.05) is 16.2 Å². The Morgan fingerprint density at radius 2 is 2.00 bits per heavy atom. The molecule has 2 unspecified atom stereocenters. The molecule has 1 aliphatic carbocycles. The van der Waals surface area contributed by atoms with Crippen LogP contribution in [0.4, 0.5) is 11.4 Å². The van der Waals surface area contributed by atoms with Crippen LogP contribution in [0.1, 0.15) is 32.1 Å². The van der Waals surface area contributed by atoms with Crippen LogP contribution < -0.4 is 10.6 Å². The molecule has 0 aromatic heterocycles. The topological polar surface area (TPSA) is 29.3 Å². The molecule has 2 aliphatic rings. The molecule has 0 bridgehead atoms. The molecule has 1 heterocycles. The van der Waals surface area contributed by atoms with Crippen LogP contribution in [-0.4, -0.2) is 12.6 Å². The molecule has 1 aromatic carbocycles. The van der Waals surface area contributed by atoms with Crippen LogP contribution in [0, 0.1) is 9.49 Å². The number of rotatable bonds is 1. The first-order valence-corrected chi connectivity index (χ1v) is 7.65. The van der Waals surface area contributed by atoms with E-state index in [0.717, 1.165) is 17.6 Å². The van der Waals surface area contributed by atoms with E-state index in [0.29, 0.717) is 0 Å². The van der Waals surface area contributed by atoms with Crippen LogP contribution in [0.2, 0.25) is 0 Å². The van der Waals surface area contributed by atoms with Crippen molar-refractivity contribution in [2.45, 2.75) is 38.1 Å². The predicted molar refractivity (Wildman–Crippen MR) is 81.3 cm³/mol. The number of hydrogen-bond acceptors (Lipinski definition) is 2. The summed E-state index contributed by atoms with van der Waals surface area (Å²) < 4.78 is 1.23. The van der Waals surface area contributed by atoms with Gasteiger partial charge in [-0.25, -0.2) is 0 Å². The first-order chi connectivity index (χ1) is 8.25. The highest BCUT2D eigenvalue weighted by molar-refractivity contribution is 14.1. The maximum absolute atomic E-state index is 6.18. The van der Waals surface area contributed by atoms with E-state index in [9.17, 15) is 0 Å². The third kappa shape index (κ3) is 2.14. The van der Waals surface area contributed by atoms with Gasteiger partial charge in [0.15, 0.2) is 0 Å². The van der Waals surface area contributed by atoms with E-state index in [1.54, 1.807) is 0 Å². The Balaban J connectivity index is 1.88. The molecule has 0 spiro atoms. The number of anilines is 2. The zero-order chi connectivity index (χ0) is 11.8. The second kappa shape index (κ2) is 4.67. The molecule has 1 saturated heterocycles. The largest absolute Gasteiger partial charge is 0.397 e. The molecule has 2 fully saturated rings. The number of nitrogens with two attached hydrogens (primary N) is 1. The highest BCUT2D eigenvalue weighted by atomic mass is 127. The summed E-state index contributed by atoms with van der Waals surface area (Å²) in [5.74, 6) is 0.919. The third-order valence-corrected chi connectivity index (χ3v) is 4.98. The smallest absolute Gasteiger partial charge is 0.0603 e. The lowest BCUT2D eigenvalue weighted by molar-refractivity contribution is 0.342. The Morgan fingerprint density at radius 3 is 2.82 bits per heavy atom. The number of nitrogens with zero attached hydrogens (tertiary/aromatic N) is 1. The van der Waals surface area contributed by atoms with Gasteiger partial charge in [0.1, 0.15) is 0 Å². The second-order valence-corrected chi connectivity index (χ2v) is 6.54. The van der Waals surface area contributed by atoms with E-state index >= 15 is 0 Å². The van der Waals surface area contributed by atoms with Crippen LogP contribution in [0.5, 0.6) is 0 Å². The highest BCUT2D eigenvalue weighted by Gasteiger charge is 2.36. The Kier molecular flexibility index (Phi) is 3.19. The van der Waals surface area contributed by atoms with E-state index in [4.69, 9.17) is 5.73 Å². The highest BCUT2D eigenvalue weighted by Crippen LogP contribution is 2.40. The second-order valence-electron chi connectivity index (χ2n) is 5.30. The Bertz CT molecular complexity index is 419. The van der Waals surface area contributed by atoms with Gasteiger partial charge in [-0.05, 0) is 66.0 Å². The minimum Gasteiger partial charge on any atom is -0.397 e.